The van der Waals surface area contributed by atoms with E-state index in [1.54, 1.807) is 25.2 Å². The molecule has 0 spiro atoms. The van der Waals surface area contributed by atoms with Crippen LogP contribution in [0, 0.1) is 0 Å². The number of rotatable bonds is 2. The molecule has 1 aliphatic rings. The fourth-order valence-electron chi connectivity index (χ4n) is 2.95. The van der Waals surface area contributed by atoms with Crippen molar-refractivity contribution in [3.05, 3.63) is 48.5 Å². The van der Waals surface area contributed by atoms with Gasteiger partial charge in [0.25, 0.3) is 0 Å². The van der Waals surface area contributed by atoms with E-state index in [4.69, 9.17) is 9.15 Å². The summed E-state index contributed by atoms with van der Waals surface area (Å²) in [5, 5.41) is 1.94. The molecule has 1 saturated heterocycles. The molecule has 2 aromatic carbocycles. The molecule has 1 amide bonds. The van der Waals surface area contributed by atoms with E-state index in [-0.39, 0.29) is 6.09 Å². The summed E-state index contributed by atoms with van der Waals surface area (Å²) >= 11 is 0. The summed E-state index contributed by atoms with van der Waals surface area (Å²) in [6.07, 6.45) is -0.320. The normalized spacial score (nSPS) is 13.8. The number of carbonyl (C=O) groups is 1. The number of carbonyl (C=O) groups excluding carboxylic acids is 1. The molecule has 0 radical (unpaired) electrons. The van der Waals surface area contributed by atoms with Crippen molar-refractivity contribution in [3.8, 4) is 5.75 Å². The molecule has 3 aromatic rings. The maximum absolute atomic E-state index is 12.4. The molecule has 0 unspecified atom stereocenters. The Bertz CT molecular complexity index is 958. The molecular weight excluding hydrogens is 402 g/mol. The third-order valence-electron chi connectivity index (χ3n) is 4.51. The summed E-state index contributed by atoms with van der Waals surface area (Å²) in [6, 6.07) is 15.5. The SMILES string of the molecule is CN1CCN(C(=O)Oc2cccc3cc4ccccc4[o+]c23)CC1.COC.COON. The average Bonchev–Trinajstić information content (AvgIpc) is 2.79. The van der Waals surface area contributed by atoms with Gasteiger partial charge in [-0.1, -0.05) is 18.2 Å². The molecule has 1 aliphatic heterocycles. The molecule has 9 nitrogen and oxygen atoms in total. The van der Waals surface area contributed by atoms with E-state index >= 15 is 0 Å². The fourth-order valence-corrected chi connectivity index (χ4v) is 2.95. The highest BCUT2D eigenvalue weighted by Crippen LogP contribution is 2.30. The van der Waals surface area contributed by atoms with Crippen molar-refractivity contribution in [2.24, 2.45) is 5.90 Å². The zero-order valence-electron chi connectivity index (χ0n) is 18.4. The number of benzene rings is 2. The summed E-state index contributed by atoms with van der Waals surface area (Å²) in [5.41, 5.74) is 1.37. The minimum absolute atomic E-state index is 0.320. The number of hydrogen-bond donors (Lipinski definition) is 1. The van der Waals surface area contributed by atoms with Crippen molar-refractivity contribution in [1.82, 2.24) is 9.80 Å². The second-order valence-corrected chi connectivity index (χ2v) is 6.79. The van der Waals surface area contributed by atoms with Gasteiger partial charge in [-0.05, 0) is 31.3 Å². The van der Waals surface area contributed by atoms with Crippen LogP contribution in [0.2, 0.25) is 0 Å². The van der Waals surface area contributed by atoms with Gasteiger partial charge in [0.1, 0.15) is 0 Å². The van der Waals surface area contributed by atoms with Crippen LogP contribution in [0.15, 0.2) is 52.9 Å². The van der Waals surface area contributed by atoms with Gasteiger partial charge in [0.2, 0.25) is 5.75 Å². The first-order valence-corrected chi connectivity index (χ1v) is 9.73. The molecule has 31 heavy (non-hydrogen) atoms. The summed E-state index contributed by atoms with van der Waals surface area (Å²) < 4.78 is 15.9. The Labute approximate surface area is 181 Å². The first kappa shape index (κ1) is 24.4. The van der Waals surface area contributed by atoms with Crippen molar-refractivity contribution < 1.29 is 28.6 Å². The van der Waals surface area contributed by atoms with Gasteiger partial charge >= 0.3 is 17.3 Å². The number of methoxy groups -OCH3 is 1. The van der Waals surface area contributed by atoms with E-state index in [0.717, 1.165) is 29.4 Å². The highest BCUT2D eigenvalue weighted by atomic mass is 17.3. The molecule has 1 aromatic heterocycles. The van der Waals surface area contributed by atoms with E-state index in [1.165, 1.54) is 7.11 Å². The number of nitrogens with two attached hydrogens (primary N) is 1. The third kappa shape index (κ3) is 7.12. The van der Waals surface area contributed by atoms with Gasteiger partial charge in [-0.25, -0.2) is 14.1 Å². The van der Waals surface area contributed by atoms with Gasteiger partial charge in [0.05, 0.1) is 17.9 Å². The molecule has 168 valence electrons. The number of fused-ring (bicyclic) bond motifs is 2. The standard InChI is InChI=1S/C19H19N2O3.C2H6O.CH5NO2/c1-20-9-11-21(12-10-20)19(22)24-17-8-4-6-15-13-14-5-2-3-7-16(14)23-18(15)17;1-3-2;1-3-4-2/h2-8,13H,9-12H2,1H3;1-2H3;2H2,1H3/q+1;;. The van der Waals surface area contributed by atoms with Gasteiger partial charge < -0.3 is 19.3 Å². The molecule has 0 aliphatic carbocycles. The summed E-state index contributed by atoms with van der Waals surface area (Å²) in [6.45, 7) is 3.08. The molecule has 2 heterocycles. The van der Waals surface area contributed by atoms with E-state index < -0.39 is 0 Å². The Morgan fingerprint density at radius 3 is 2.23 bits per heavy atom. The van der Waals surface area contributed by atoms with Crippen molar-refractivity contribution in [2.45, 2.75) is 0 Å². The van der Waals surface area contributed by atoms with Crippen LogP contribution in [-0.4, -0.2) is 70.4 Å². The van der Waals surface area contributed by atoms with Crippen molar-refractivity contribution in [2.75, 3.05) is 54.6 Å². The van der Waals surface area contributed by atoms with Crippen LogP contribution in [0.5, 0.6) is 5.75 Å². The molecule has 0 atom stereocenters. The Morgan fingerprint density at radius 1 is 0.968 bits per heavy atom. The Morgan fingerprint density at radius 2 is 1.58 bits per heavy atom. The third-order valence-corrected chi connectivity index (χ3v) is 4.51. The minimum Gasteiger partial charge on any atom is -0.400 e. The van der Waals surface area contributed by atoms with Crippen LogP contribution in [0.25, 0.3) is 21.9 Å². The number of ether oxygens (including phenoxy) is 2. The molecule has 0 bridgehead atoms. The van der Waals surface area contributed by atoms with E-state index in [9.17, 15) is 4.79 Å². The van der Waals surface area contributed by atoms with Crippen LogP contribution in [0.1, 0.15) is 0 Å². The van der Waals surface area contributed by atoms with Crippen LogP contribution >= 0.6 is 0 Å². The fraction of sp³-hybridized carbons (Fsp3) is 0.364. The number of amides is 1. The lowest BCUT2D eigenvalue weighted by Crippen LogP contribution is -2.48. The number of nitrogens with zero attached hydrogens (tertiary/aromatic N) is 2. The summed E-state index contributed by atoms with van der Waals surface area (Å²) in [7, 11) is 6.64. The maximum atomic E-state index is 12.4. The van der Waals surface area contributed by atoms with Crippen LogP contribution < -0.4 is 10.6 Å². The monoisotopic (exact) mass is 432 g/mol. The number of likely N-dealkylation sites (N-methyl/N-ethyl adjacent to an activating group) is 1. The first-order valence-electron chi connectivity index (χ1n) is 9.73. The summed E-state index contributed by atoms with van der Waals surface area (Å²) in [4.78, 5) is 23.7. The molecule has 1 fully saturated rings. The smallest absolute Gasteiger partial charge is 0.400 e. The Hall–Kier alpha value is -2.82. The number of para-hydroxylation sites is 2. The maximum Gasteiger partial charge on any atom is 0.415 e. The summed E-state index contributed by atoms with van der Waals surface area (Å²) in [5.74, 6) is 4.77. The molecule has 4 rings (SSSR count). The van der Waals surface area contributed by atoms with Gasteiger partial charge in [-0.15, -0.1) is 4.99 Å². The molecule has 9 heteroatoms. The minimum atomic E-state index is -0.320. The lowest BCUT2D eigenvalue weighted by Gasteiger charge is -2.31. The van der Waals surface area contributed by atoms with Crippen LogP contribution in [-0.2, 0) is 14.6 Å². The highest BCUT2D eigenvalue weighted by Gasteiger charge is 2.24. The van der Waals surface area contributed by atoms with E-state index in [2.05, 4.69) is 32.5 Å². The quantitative estimate of drug-likeness (QED) is 0.285. The Balaban J connectivity index is 0.000000431. The predicted molar refractivity (Wildman–Crippen MR) is 118 cm³/mol. The van der Waals surface area contributed by atoms with Crippen LogP contribution in [0.4, 0.5) is 4.79 Å². The zero-order chi connectivity index (χ0) is 22.6. The second-order valence-electron chi connectivity index (χ2n) is 6.79. The number of hydrogen-bond acceptors (Lipinski definition) is 7. The number of piperazine rings is 1. The van der Waals surface area contributed by atoms with Crippen molar-refractivity contribution in [3.63, 3.8) is 0 Å². The van der Waals surface area contributed by atoms with Gasteiger partial charge in [-0.2, -0.15) is 5.90 Å². The first-order chi connectivity index (χ1) is 15.0. The van der Waals surface area contributed by atoms with Gasteiger partial charge in [0.15, 0.2) is 0 Å². The predicted octanol–water partition coefficient (Wildman–Crippen LogP) is 3.31. The molecular formula is C22H30N3O6+. The second kappa shape index (κ2) is 12.8. The van der Waals surface area contributed by atoms with Crippen molar-refractivity contribution >= 4 is 28.0 Å². The molecule has 2 N–H and O–H groups in total. The molecule has 0 saturated carbocycles. The Kier molecular flexibility index (Phi) is 10.1. The van der Waals surface area contributed by atoms with E-state index in [0.29, 0.717) is 24.4 Å². The largest absolute Gasteiger partial charge is 0.415 e. The lowest BCUT2D eigenvalue weighted by molar-refractivity contribution is -0.277. The average molecular weight is 432 g/mol. The highest BCUT2D eigenvalue weighted by molar-refractivity contribution is 5.93. The van der Waals surface area contributed by atoms with Gasteiger partial charge in [0, 0.05) is 46.5 Å². The topological polar surface area (TPSA) is 97.8 Å². The van der Waals surface area contributed by atoms with Crippen molar-refractivity contribution in [1.29, 1.82) is 0 Å². The van der Waals surface area contributed by atoms with Gasteiger partial charge in [-0.3, -0.25) is 0 Å². The van der Waals surface area contributed by atoms with E-state index in [1.807, 2.05) is 42.5 Å². The zero-order valence-corrected chi connectivity index (χ0v) is 18.4. The van der Waals surface area contributed by atoms with Crippen LogP contribution in [0.3, 0.4) is 0 Å². The lowest BCUT2D eigenvalue weighted by atomic mass is 10.1.